The Hall–Kier alpha value is -3.12. The zero-order valence-electron chi connectivity index (χ0n) is 15.4. The summed E-state index contributed by atoms with van der Waals surface area (Å²) in [5.41, 5.74) is 6.76. The van der Waals surface area contributed by atoms with Crippen molar-refractivity contribution in [2.24, 2.45) is 0 Å². The number of benzene rings is 2. The summed E-state index contributed by atoms with van der Waals surface area (Å²) in [5.74, 6) is -0.189. The third-order valence-corrected chi connectivity index (χ3v) is 4.65. The van der Waals surface area contributed by atoms with Gasteiger partial charge in [0.15, 0.2) is 0 Å². The fraction of sp³-hybridized carbons (Fsp3) is 0.136. The van der Waals surface area contributed by atoms with Gasteiger partial charge in [-0.05, 0) is 48.9 Å². The van der Waals surface area contributed by atoms with E-state index in [0.717, 1.165) is 39.2 Å². The molecule has 0 amide bonds. The first kappa shape index (κ1) is 18.3. The van der Waals surface area contributed by atoms with Gasteiger partial charge in [-0.2, -0.15) is 0 Å². The van der Waals surface area contributed by atoms with Crippen LogP contribution in [-0.2, 0) is 16.0 Å². The molecule has 0 aliphatic heterocycles. The molecule has 0 atom stereocenters. The molecular formula is C22H19N3O2S. The largest absolute Gasteiger partial charge is 0.455 e. The number of aryl methyl sites for hydroxylation is 1. The zero-order chi connectivity index (χ0) is 19.5. The minimum absolute atomic E-state index is 0.0952. The molecule has 2 aromatic heterocycles. The summed E-state index contributed by atoms with van der Waals surface area (Å²) in [6.07, 6.45) is 2.04. The van der Waals surface area contributed by atoms with Crippen molar-refractivity contribution in [2.45, 2.75) is 13.3 Å². The van der Waals surface area contributed by atoms with Crippen molar-refractivity contribution in [3.8, 4) is 16.9 Å². The first-order chi connectivity index (χ1) is 13.6. The molecule has 4 rings (SSSR count). The Morgan fingerprint density at radius 2 is 1.93 bits per heavy atom. The molecule has 0 spiro atoms. The highest BCUT2D eigenvalue weighted by Gasteiger charge is 2.09. The number of esters is 1. The van der Waals surface area contributed by atoms with E-state index in [-0.39, 0.29) is 18.3 Å². The van der Waals surface area contributed by atoms with Gasteiger partial charge in [-0.1, -0.05) is 24.3 Å². The Bertz CT molecular complexity index is 1140. The smallest absolute Gasteiger partial charge is 0.311 e. The van der Waals surface area contributed by atoms with Crippen molar-refractivity contribution in [2.75, 3.05) is 5.94 Å². The van der Waals surface area contributed by atoms with E-state index in [2.05, 4.69) is 40.8 Å². The molecule has 2 heterocycles. The lowest BCUT2D eigenvalue weighted by molar-refractivity contribution is -0.140. The highest BCUT2D eigenvalue weighted by atomic mass is 32.1. The minimum atomic E-state index is -0.284. The van der Waals surface area contributed by atoms with Crippen LogP contribution < -0.4 is 0 Å². The van der Waals surface area contributed by atoms with E-state index in [0.29, 0.717) is 0 Å². The van der Waals surface area contributed by atoms with E-state index in [1.54, 1.807) is 0 Å². The lowest BCUT2D eigenvalue weighted by Crippen LogP contribution is -2.06. The van der Waals surface area contributed by atoms with Crippen LogP contribution in [0.25, 0.3) is 28.0 Å². The quantitative estimate of drug-likeness (QED) is 0.313. The van der Waals surface area contributed by atoms with Crippen LogP contribution in [0.15, 0.2) is 67.0 Å². The van der Waals surface area contributed by atoms with Gasteiger partial charge in [-0.15, -0.1) is 12.6 Å². The van der Waals surface area contributed by atoms with Crippen molar-refractivity contribution in [1.29, 1.82) is 0 Å². The molecule has 2 aromatic carbocycles. The van der Waals surface area contributed by atoms with Gasteiger partial charge in [-0.3, -0.25) is 14.3 Å². The lowest BCUT2D eigenvalue weighted by atomic mass is 10.1. The van der Waals surface area contributed by atoms with Gasteiger partial charge in [0.05, 0.1) is 23.1 Å². The Labute approximate surface area is 168 Å². The predicted molar refractivity (Wildman–Crippen MR) is 113 cm³/mol. The number of rotatable bonds is 5. The molecule has 0 N–H and O–H groups in total. The number of pyridine rings is 1. The third kappa shape index (κ3) is 3.77. The molecule has 0 fully saturated rings. The second-order valence-electron chi connectivity index (χ2n) is 6.47. The van der Waals surface area contributed by atoms with E-state index in [4.69, 9.17) is 4.74 Å². The van der Waals surface area contributed by atoms with Gasteiger partial charge < -0.3 is 4.74 Å². The molecule has 0 aliphatic carbocycles. The summed E-state index contributed by atoms with van der Waals surface area (Å²) >= 11 is 3.90. The Morgan fingerprint density at radius 1 is 1.11 bits per heavy atom. The Kier molecular flexibility index (Phi) is 5.12. The number of carbonyl (C=O) groups excluding carboxylic acids is 1. The lowest BCUT2D eigenvalue weighted by Gasteiger charge is -2.07. The number of ether oxygens (including phenoxy) is 1. The molecule has 5 nitrogen and oxygen atoms in total. The standard InChI is InChI=1S/C22H19N3O2S/c1-15-3-2-4-19(24-15)17-7-10-21-20(12-17)23-13-25(21)18-8-5-16(6-9-18)11-22(26)27-14-28/h2-10,12-13,28H,11,14H2,1H3. The van der Waals surface area contributed by atoms with E-state index in [1.165, 1.54) is 0 Å². The van der Waals surface area contributed by atoms with Crippen LogP contribution in [0.2, 0.25) is 0 Å². The fourth-order valence-electron chi connectivity index (χ4n) is 3.15. The van der Waals surface area contributed by atoms with Gasteiger partial charge >= 0.3 is 5.97 Å². The van der Waals surface area contributed by atoms with Crippen molar-refractivity contribution in [3.05, 3.63) is 78.2 Å². The second-order valence-corrected chi connectivity index (χ2v) is 6.73. The number of hydrogen-bond acceptors (Lipinski definition) is 5. The van der Waals surface area contributed by atoms with Crippen molar-refractivity contribution in [1.82, 2.24) is 14.5 Å². The molecule has 140 valence electrons. The average Bonchev–Trinajstić information content (AvgIpc) is 3.12. The van der Waals surface area contributed by atoms with Crippen LogP contribution in [0.3, 0.4) is 0 Å². The van der Waals surface area contributed by atoms with Crippen LogP contribution >= 0.6 is 12.6 Å². The van der Waals surface area contributed by atoms with Crippen LogP contribution in [0.1, 0.15) is 11.3 Å². The summed E-state index contributed by atoms with van der Waals surface area (Å²) in [7, 11) is 0. The molecule has 0 radical (unpaired) electrons. The van der Waals surface area contributed by atoms with Gasteiger partial charge in [-0.25, -0.2) is 4.98 Å². The van der Waals surface area contributed by atoms with Crippen LogP contribution in [0.4, 0.5) is 0 Å². The van der Waals surface area contributed by atoms with E-state index < -0.39 is 0 Å². The number of carbonyl (C=O) groups is 1. The van der Waals surface area contributed by atoms with Crippen molar-refractivity contribution >= 4 is 29.6 Å². The summed E-state index contributed by atoms with van der Waals surface area (Å²) in [6.45, 7) is 1.98. The van der Waals surface area contributed by atoms with E-state index in [9.17, 15) is 4.79 Å². The van der Waals surface area contributed by atoms with Gasteiger partial charge in [0.25, 0.3) is 0 Å². The highest BCUT2D eigenvalue weighted by Crippen LogP contribution is 2.25. The number of aromatic nitrogens is 3. The summed E-state index contributed by atoms with van der Waals surface area (Å²) < 4.78 is 6.89. The highest BCUT2D eigenvalue weighted by molar-refractivity contribution is 7.80. The molecule has 0 bridgehead atoms. The van der Waals surface area contributed by atoms with E-state index >= 15 is 0 Å². The summed E-state index contributed by atoms with van der Waals surface area (Å²) in [5, 5.41) is 0. The maximum absolute atomic E-state index is 11.6. The SMILES string of the molecule is Cc1cccc(-c2ccc3c(c2)ncn3-c2ccc(CC(=O)OCS)cc2)n1. The van der Waals surface area contributed by atoms with Crippen LogP contribution in [-0.4, -0.2) is 26.4 Å². The predicted octanol–water partition coefficient (Wildman–Crippen LogP) is 4.37. The molecule has 0 unspecified atom stereocenters. The topological polar surface area (TPSA) is 57.0 Å². The molecule has 0 aliphatic rings. The average molecular weight is 389 g/mol. The molecule has 0 saturated heterocycles. The maximum Gasteiger partial charge on any atom is 0.311 e. The Morgan fingerprint density at radius 3 is 2.68 bits per heavy atom. The van der Waals surface area contributed by atoms with E-state index in [1.807, 2.05) is 60.3 Å². The normalized spacial score (nSPS) is 10.9. The van der Waals surface area contributed by atoms with Gasteiger partial charge in [0.1, 0.15) is 12.3 Å². The van der Waals surface area contributed by atoms with Gasteiger partial charge in [0, 0.05) is 16.9 Å². The molecule has 28 heavy (non-hydrogen) atoms. The third-order valence-electron chi connectivity index (χ3n) is 4.52. The fourth-order valence-corrected chi connectivity index (χ4v) is 3.29. The summed E-state index contributed by atoms with van der Waals surface area (Å²) in [6, 6.07) is 20.0. The zero-order valence-corrected chi connectivity index (χ0v) is 16.3. The minimum Gasteiger partial charge on any atom is -0.455 e. The monoisotopic (exact) mass is 389 g/mol. The molecule has 0 saturated carbocycles. The number of nitrogens with zero attached hydrogens (tertiary/aromatic N) is 3. The number of thiol groups is 1. The molecule has 4 aromatic rings. The first-order valence-corrected chi connectivity index (χ1v) is 9.54. The van der Waals surface area contributed by atoms with Crippen molar-refractivity contribution in [3.63, 3.8) is 0 Å². The maximum atomic E-state index is 11.6. The number of hydrogen-bond donors (Lipinski definition) is 1. The molecular weight excluding hydrogens is 370 g/mol. The second kappa shape index (κ2) is 7.86. The number of fused-ring (bicyclic) bond motifs is 1. The van der Waals surface area contributed by atoms with Crippen LogP contribution in [0, 0.1) is 6.92 Å². The van der Waals surface area contributed by atoms with Crippen LogP contribution in [0.5, 0.6) is 0 Å². The molecule has 6 heteroatoms. The summed E-state index contributed by atoms with van der Waals surface area (Å²) in [4.78, 5) is 20.7. The van der Waals surface area contributed by atoms with Gasteiger partial charge in [0.2, 0.25) is 0 Å². The number of imidazole rings is 1. The first-order valence-electron chi connectivity index (χ1n) is 8.91. The van der Waals surface area contributed by atoms with Crippen molar-refractivity contribution < 1.29 is 9.53 Å². The Balaban J connectivity index is 1.62.